The van der Waals surface area contributed by atoms with Gasteiger partial charge in [-0.2, -0.15) is 9.97 Å². The third-order valence-electron chi connectivity index (χ3n) is 8.91. The predicted octanol–water partition coefficient (Wildman–Crippen LogP) is 7.75. The van der Waals surface area contributed by atoms with Crippen molar-refractivity contribution in [1.29, 1.82) is 0 Å². The number of anilines is 4. The minimum absolute atomic E-state index is 0.0808. The lowest BCUT2D eigenvalue weighted by molar-refractivity contribution is 0.101. The third kappa shape index (κ3) is 8.66. The predicted molar refractivity (Wildman–Crippen MR) is 232 cm³/mol. The Hall–Kier alpha value is -6.74. The highest BCUT2D eigenvalue weighted by Crippen LogP contribution is 2.45. The van der Waals surface area contributed by atoms with Gasteiger partial charge in [-0.1, -0.05) is 58.0 Å². The monoisotopic (exact) mass is 876 g/mol. The molecule has 4 heterocycles. The first-order chi connectivity index (χ1) is 28.8. The van der Waals surface area contributed by atoms with Crippen LogP contribution in [0, 0.1) is 13.8 Å². The molecular formula is C40H32N10O6S4. The molecule has 0 saturated heterocycles. The number of hydrogen-bond donors (Lipinski definition) is 6. The summed E-state index contributed by atoms with van der Waals surface area (Å²) < 4.78 is 62.0. The average molecular weight is 877 g/mol. The van der Waals surface area contributed by atoms with Crippen molar-refractivity contribution in [3.05, 3.63) is 144 Å². The van der Waals surface area contributed by atoms with Crippen molar-refractivity contribution in [1.82, 2.24) is 29.9 Å². The van der Waals surface area contributed by atoms with Crippen molar-refractivity contribution < 1.29 is 26.4 Å². The standard InChI is InChI=1S/C40H32N10O6S4/c1-23-19-31(33(21-27(23)37(51)43-25-11-5-3-6-12-25)59(53,54)49-39-45-29-15-9-17-41-35(29)47-39)57-58-32-20-24(2)28(38(52)44-26-13-7-4-8-14-26)22-34(32)60(55,56)50-40-46-30-16-10-18-42-36(30)48-40/h3-22H,1-2H3,(H,43,51)(H,44,52)(H2,41,45,47,49)(H2,42,46,48,50). The Morgan fingerprint density at radius 1 is 0.550 bits per heavy atom. The smallest absolute Gasteiger partial charge is 0.265 e. The number of nitrogens with one attached hydrogen (secondary N) is 6. The zero-order valence-electron chi connectivity index (χ0n) is 31.4. The van der Waals surface area contributed by atoms with Gasteiger partial charge in [0.1, 0.15) is 9.79 Å². The fourth-order valence-corrected chi connectivity index (χ4v) is 11.7. The number of H-pyrrole nitrogens is 2. The third-order valence-corrected chi connectivity index (χ3v) is 14.4. The molecule has 302 valence electrons. The van der Waals surface area contributed by atoms with Crippen LogP contribution in [0.5, 0.6) is 0 Å². The van der Waals surface area contributed by atoms with E-state index in [-0.39, 0.29) is 53.9 Å². The summed E-state index contributed by atoms with van der Waals surface area (Å²) in [5, 5.41) is 5.60. The Balaban J connectivity index is 1.18. The SMILES string of the molecule is Cc1cc(SSc2cc(C)c(C(=O)Nc3ccccc3)cc2S(=O)(=O)Nc2nc3ncccc3[nH]2)c(S(=O)(=O)Nc2nc3ncccc3[nH]2)cc1C(=O)Nc1ccccc1. The highest BCUT2D eigenvalue weighted by atomic mass is 33.1. The molecule has 0 spiro atoms. The average Bonchev–Trinajstić information content (AvgIpc) is 3.82. The second-order valence-electron chi connectivity index (χ2n) is 13.2. The molecule has 16 nitrogen and oxygen atoms in total. The maximum Gasteiger partial charge on any atom is 0.265 e. The number of fused-ring (bicyclic) bond motifs is 2. The largest absolute Gasteiger partial charge is 0.322 e. The first-order valence-corrected chi connectivity index (χ1v) is 23.0. The number of imidazole rings is 2. The number of rotatable bonds is 13. The van der Waals surface area contributed by atoms with Crippen LogP contribution in [-0.4, -0.2) is 58.6 Å². The second-order valence-corrected chi connectivity index (χ2v) is 18.7. The van der Waals surface area contributed by atoms with E-state index in [1.807, 2.05) is 0 Å². The summed E-state index contributed by atoms with van der Waals surface area (Å²) in [4.78, 5) is 49.6. The van der Waals surface area contributed by atoms with Crippen LogP contribution in [-0.2, 0) is 20.0 Å². The molecular weight excluding hydrogens is 845 g/mol. The van der Waals surface area contributed by atoms with Crippen LogP contribution in [0.3, 0.4) is 0 Å². The van der Waals surface area contributed by atoms with E-state index in [4.69, 9.17) is 0 Å². The molecule has 0 atom stereocenters. The van der Waals surface area contributed by atoms with Crippen molar-refractivity contribution >= 4 is 99.0 Å². The van der Waals surface area contributed by atoms with Gasteiger partial charge < -0.3 is 20.6 Å². The minimum atomic E-state index is -4.48. The lowest BCUT2D eigenvalue weighted by Crippen LogP contribution is -2.19. The number of para-hydroxylation sites is 2. The number of aromatic nitrogens is 6. The Morgan fingerprint density at radius 3 is 1.33 bits per heavy atom. The molecule has 8 aromatic rings. The molecule has 20 heteroatoms. The molecule has 8 rings (SSSR count). The molecule has 0 saturated carbocycles. The summed E-state index contributed by atoms with van der Waals surface area (Å²) in [5.41, 5.74) is 3.60. The lowest BCUT2D eigenvalue weighted by atomic mass is 10.1. The molecule has 0 aliphatic rings. The van der Waals surface area contributed by atoms with Gasteiger partial charge >= 0.3 is 0 Å². The van der Waals surface area contributed by atoms with Crippen molar-refractivity contribution in [3.8, 4) is 0 Å². The van der Waals surface area contributed by atoms with Gasteiger partial charge in [0.05, 0.1) is 11.0 Å². The number of aromatic amines is 2. The first-order valence-electron chi connectivity index (χ1n) is 17.9. The maximum absolute atomic E-state index is 14.3. The molecule has 0 fully saturated rings. The van der Waals surface area contributed by atoms with E-state index >= 15 is 0 Å². The number of amides is 2. The summed E-state index contributed by atoms with van der Waals surface area (Å²) >= 11 is 0. The molecule has 0 unspecified atom stereocenters. The molecule has 0 aliphatic carbocycles. The quantitative estimate of drug-likeness (QED) is 0.0611. The molecule has 6 N–H and O–H groups in total. The zero-order valence-corrected chi connectivity index (χ0v) is 34.7. The summed E-state index contributed by atoms with van der Waals surface area (Å²) in [6, 6.07) is 29.7. The Kier molecular flexibility index (Phi) is 11.0. The molecule has 0 aliphatic heterocycles. The van der Waals surface area contributed by atoms with E-state index in [0.717, 1.165) is 21.6 Å². The van der Waals surface area contributed by atoms with E-state index in [1.54, 1.807) is 98.8 Å². The van der Waals surface area contributed by atoms with Crippen LogP contribution < -0.4 is 20.1 Å². The molecule has 60 heavy (non-hydrogen) atoms. The topological polar surface area (TPSA) is 234 Å². The Bertz CT molecular complexity index is 2880. The van der Waals surface area contributed by atoms with Gasteiger partial charge in [-0.15, -0.1) is 0 Å². The Morgan fingerprint density at radius 2 is 0.950 bits per heavy atom. The van der Waals surface area contributed by atoms with Crippen LogP contribution in [0.15, 0.2) is 141 Å². The fourth-order valence-electron chi connectivity index (χ4n) is 6.04. The van der Waals surface area contributed by atoms with Gasteiger partial charge in [0.25, 0.3) is 31.9 Å². The normalized spacial score (nSPS) is 11.7. The van der Waals surface area contributed by atoms with Crippen LogP contribution in [0.2, 0.25) is 0 Å². The van der Waals surface area contributed by atoms with Crippen LogP contribution in [0.4, 0.5) is 23.3 Å². The van der Waals surface area contributed by atoms with Gasteiger partial charge in [-0.3, -0.25) is 9.59 Å². The summed E-state index contributed by atoms with van der Waals surface area (Å²) in [5.74, 6) is -1.31. The molecule has 4 aromatic carbocycles. The summed E-state index contributed by atoms with van der Waals surface area (Å²) in [6.45, 7) is 3.32. The number of benzene rings is 4. The van der Waals surface area contributed by atoms with E-state index in [1.165, 1.54) is 36.7 Å². The number of pyridine rings is 2. The maximum atomic E-state index is 14.3. The van der Waals surface area contributed by atoms with Crippen molar-refractivity contribution in [2.75, 3.05) is 20.1 Å². The zero-order chi connectivity index (χ0) is 42.0. The van der Waals surface area contributed by atoms with E-state index in [2.05, 4.69) is 50.0 Å². The van der Waals surface area contributed by atoms with E-state index < -0.39 is 31.9 Å². The van der Waals surface area contributed by atoms with Gasteiger partial charge in [0, 0.05) is 44.7 Å². The van der Waals surface area contributed by atoms with Crippen molar-refractivity contribution in [2.45, 2.75) is 33.4 Å². The molecule has 0 bridgehead atoms. The van der Waals surface area contributed by atoms with E-state index in [9.17, 15) is 26.4 Å². The van der Waals surface area contributed by atoms with Gasteiger partial charge in [0.2, 0.25) is 11.9 Å². The highest BCUT2D eigenvalue weighted by Gasteiger charge is 2.28. The number of hydrogen-bond acceptors (Lipinski definition) is 12. The van der Waals surface area contributed by atoms with Crippen molar-refractivity contribution in [3.63, 3.8) is 0 Å². The molecule has 4 aromatic heterocycles. The fraction of sp³-hybridized carbons (Fsp3) is 0.0500. The number of aryl methyl sites for hydroxylation is 2. The number of carbonyl (C=O) groups is 2. The van der Waals surface area contributed by atoms with Crippen LogP contribution >= 0.6 is 21.6 Å². The van der Waals surface area contributed by atoms with Gasteiger partial charge in [-0.25, -0.2) is 36.2 Å². The second kappa shape index (κ2) is 16.5. The van der Waals surface area contributed by atoms with E-state index in [0.29, 0.717) is 33.5 Å². The van der Waals surface area contributed by atoms with Crippen LogP contribution in [0.25, 0.3) is 22.3 Å². The summed E-state index contributed by atoms with van der Waals surface area (Å²) in [6.07, 6.45) is 3.04. The van der Waals surface area contributed by atoms with Crippen molar-refractivity contribution in [2.24, 2.45) is 0 Å². The minimum Gasteiger partial charge on any atom is -0.322 e. The van der Waals surface area contributed by atoms with Gasteiger partial charge in [-0.05, 0) is 97.8 Å². The lowest BCUT2D eigenvalue weighted by Gasteiger charge is -2.17. The van der Waals surface area contributed by atoms with Crippen LogP contribution in [0.1, 0.15) is 31.8 Å². The number of sulfonamides is 2. The number of carbonyl (C=O) groups excluding carboxylic acids is 2. The van der Waals surface area contributed by atoms with Gasteiger partial charge in [0.15, 0.2) is 11.3 Å². The highest BCUT2D eigenvalue weighted by molar-refractivity contribution is 8.76. The molecule has 2 amide bonds. The first kappa shape index (κ1) is 40.1. The summed E-state index contributed by atoms with van der Waals surface area (Å²) in [7, 11) is -7.07. The number of nitrogens with zero attached hydrogens (tertiary/aromatic N) is 4. The Labute approximate surface area is 351 Å². The molecule has 0 radical (unpaired) electrons.